The van der Waals surface area contributed by atoms with Crippen LogP contribution in [0.4, 0.5) is 0 Å². The van der Waals surface area contributed by atoms with E-state index in [1.54, 1.807) is 0 Å². The standard InChI is InChI=1S/C13H18INO/c1-4-13(2,3)9-15-12(16)10-6-5-7-11(14)8-10/h5-8H,4,9H2,1-3H3,(H,15,16). The maximum atomic E-state index is 11.8. The molecule has 1 aromatic carbocycles. The van der Waals surface area contributed by atoms with Gasteiger partial charge >= 0.3 is 0 Å². The Labute approximate surface area is 111 Å². The molecule has 16 heavy (non-hydrogen) atoms. The minimum absolute atomic E-state index is 0.0139. The van der Waals surface area contributed by atoms with Crippen LogP contribution in [0.5, 0.6) is 0 Å². The van der Waals surface area contributed by atoms with Gasteiger partial charge in [-0.3, -0.25) is 4.79 Å². The zero-order valence-electron chi connectivity index (χ0n) is 10.0. The molecule has 0 aliphatic heterocycles. The molecule has 0 radical (unpaired) electrons. The first-order chi connectivity index (χ1) is 7.44. The average molecular weight is 331 g/mol. The monoisotopic (exact) mass is 331 g/mol. The molecular formula is C13H18INO. The van der Waals surface area contributed by atoms with Gasteiger partial charge in [-0.2, -0.15) is 0 Å². The molecule has 0 bridgehead atoms. The molecular weight excluding hydrogens is 313 g/mol. The highest BCUT2D eigenvalue weighted by molar-refractivity contribution is 14.1. The van der Waals surface area contributed by atoms with Crippen LogP contribution in [0.2, 0.25) is 0 Å². The number of halogens is 1. The van der Waals surface area contributed by atoms with Crippen LogP contribution in [0.1, 0.15) is 37.6 Å². The Kier molecular flexibility index (Phi) is 4.77. The highest BCUT2D eigenvalue weighted by atomic mass is 127. The van der Waals surface area contributed by atoms with Gasteiger partial charge in [0, 0.05) is 15.7 Å². The van der Waals surface area contributed by atoms with Crippen molar-refractivity contribution in [3.8, 4) is 0 Å². The van der Waals surface area contributed by atoms with E-state index in [-0.39, 0.29) is 11.3 Å². The van der Waals surface area contributed by atoms with Crippen LogP contribution in [-0.2, 0) is 0 Å². The second kappa shape index (κ2) is 5.66. The topological polar surface area (TPSA) is 29.1 Å². The maximum absolute atomic E-state index is 11.8. The number of hydrogen-bond donors (Lipinski definition) is 1. The van der Waals surface area contributed by atoms with Crippen LogP contribution >= 0.6 is 22.6 Å². The average Bonchev–Trinajstić information content (AvgIpc) is 2.26. The van der Waals surface area contributed by atoms with Crippen LogP contribution in [-0.4, -0.2) is 12.5 Å². The van der Waals surface area contributed by atoms with Crippen LogP contribution in [0.15, 0.2) is 24.3 Å². The lowest BCUT2D eigenvalue weighted by Gasteiger charge is -2.22. The summed E-state index contributed by atoms with van der Waals surface area (Å²) in [5, 5.41) is 2.98. The Morgan fingerprint density at radius 2 is 2.12 bits per heavy atom. The molecule has 0 aliphatic carbocycles. The van der Waals surface area contributed by atoms with Gasteiger partial charge in [0.05, 0.1) is 0 Å². The molecule has 0 spiro atoms. The zero-order valence-corrected chi connectivity index (χ0v) is 12.2. The van der Waals surface area contributed by atoms with E-state index in [0.717, 1.165) is 15.6 Å². The molecule has 88 valence electrons. The SMILES string of the molecule is CCC(C)(C)CNC(=O)c1cccc(I)c1. The quantitative estimate of drug-likeness (QED) is 0.841. The van der Waals surface area contributed by atoms with Crippen molar-refractivity contribution in [3.63, 3.8) is 0 Å². The zero-order chi connectivity index (χ0) is 12.2. The summed E-state index contributed by atoms with van der Waals surface area (Å²) in [5.41, 5.74) is 0.899. The molecule has 1 rings (SSSR count). The molecule has 3 heteroatoms. The van der Waals surface area contributed by atoms with Gasteiger partial charge in [0.25, 0.3) is 5.91 Å². The van der Waals surface area contributed by atoms with Crippen LogP contribution in [0.3, 0.4) is 0 Å². The predicted molar refractivity (Wildman–Crippen MR) is 75.6 cm³/mol. The van der Waals surface area contributed by atoms with E-state index in [1.165, 1.54) is 0 Å². The van der Waals surface area contributed by atoms with Gasteiger partial charge in [-0.25, -0.2) is 0 Å². The van der Waals surface area contributed by atoms with Crippen molar-refractivity contribution in [2.75, 3.05) is 6.54 Å². The molecule has 2 nitrogen and oxygen atoms in total. The lowest BCUT2D eigenvalue weighted by atomic mass is 9.90. The van der Waals surface area contributed by atoms with Gasteiger partial charge in [-0.15, -0.1) is 0 Å². The summed E-state index contributed by atoms with van der Waals surface area (Å²) >= 11 is 2.21. The van der Waals surface area contributed by atoms with Crippen molar-refractivity contribution in [3.05, 3.63) is 33.4 Å². The Morgan fingerprint density at radius 3 is 2.69 bits per heavy atom. The van der Waals surface area contributed by atoms with Crippen LogP contribution < -0.4 is 5.32 Å². The van der Waals surface area contributed by atoms with Crippen molar-refractivity contribution < 1.29 is 4.79 Å². The third-order valence-corrected chi connectivity index (χ3v) is 3.44. The number of carbonyl (C=O) groups excluding carboxylic acids is 1. The van der Waals surface area contributed by atoms with Crippen molar-refractivity contribution >= 4 is 28.5 Å². The summed E-state index contributed by atoms with van der Waals surface area (Å²) in [6.45, 7) is 7.16. The van der Waals surface area contributed by atoms with E-state index in [0.29, 0.717) is 6.54 Å². The summed E-state index contributed by atoms with van der Waals surface area (Å²) in [6.07, 6.45) is 1.06. The summed E-state index contributed by atoms with van der Waals surface area (Å²) in [6, 6.07) is 7.63. The molecule has 1 amide bonds. The Bertz CT molecular complexity index is 374. The molecule has 0 atom stereocenters. The molecule has 1 aromatic rings. The molecule has 1 N–H and O–H groups in total. The van der Waals surface area contributed by atoms with Gasteiger partial charge in [0.2, 0.25) is 0 Å². The van der Waals surface area contributed by atoms with Crippen molar-refractivity contribution in [1.29, 1.82) is 0 Å². The number of amides is 1. The molecule has 0 fully saturated rings. The van der Waals surface area contributed by atoms with E-state index in [4.69, 9.17) is 0 Å². The van der Waals surface area contributed by atoms with Gasteiger partial charge in [0.1, 0.15) is 0 Å². The summed E-state index contributed by atoms with van der Waals surface area (Å²) in [4.78, 5) is 11.8. The second-order valence-corrected chi connectivity index (χ2v) is 5.96. The fourth-order valence-corrected chi connectivity index (χ4v) is 1.72. The number of nitrogens with one attached hydrogen (secondary N) is 1. The summed E-state index contributed by atoms with van der Waals surface area (Å²) < 4.78 is 1.08. The third kappa shape index (κ3) is 4.12. The minimum atomic E-state index is 0.0139. The molecule has 0 saturated carbocycles. The molecule has 0 heterocycles. The fraction of sp³-hybridized carbons (Fsp3) is 0.462. The van der Waals surface area contributed by atoms with Gasteiger partial charge in [-0.05, 0) is 52.6 Å². The van der Waals surface area contributed by atoms with Crippen LogP contribution in [0, 0.1) is 8.99 Å². The highest BCUT2D eigenvalue weighted by Gasteiger charge is 2.16. The first kappa shape index (κ1) is 13.5. The van der Waals surface area contributed by atoms with Crippen molar-refractivity contribution in [2.24, 2.45) is 5.41 Å². The lowest BCUT2D eigenvalue weighted by Crippen LogP contribution is -2.33. The predicted octanol–water partition coefficient (Wildman–Crippen LogP) is 3.46. The van der Waals surface area contributed by atoms with Crippen LogP contribution in [0.25, 0.3) is 0 Å². The van der Waals surface area contributed by atoms with E-state index in [1.807, 2.05) is 24.3 Å². The largest absolute Gasteiger partial charge is 0.352 e. The summed E-state index contributed by atoms with van der Waals surface area (Å²) in [7, 11) is 0. The minimum Gasteiger partial charge on any atom is -0.352 e. The fourth-order valence-electron chi connectivity index (χ4n) is 1.18. The van der Waals surface area contributed by atoms with Gasteiger partial charge < -0.3 is 5.32 Å². The van der Waals surface area contributed by atoms with E-state index in [2.05, 4.69) is 48.7 Å². The number of hydrogen-bond acceptors (Lipinski definition) is 1. The second-order valence-electron chi connectivity index (χ2n) is 4.71. The maximum Gasteiger partial charge on any atom is 0.251 e. The first-order valence-electron chi connectivity index (χ1n) is 5.48. The summed E-state index contributed by atoms with van der Waals surface area (Å²) in [5.74, 6) is 0.0139. The van der Waals surface area contributed by atoms with E-state index < -0.39 is 0 Å². The smallest absolute Gasteiger partial charge is 0.251 e. The highest BCUT2D eigenvalue weighted by Crippen LogP contribution is 2.18. The Balaban J connectivity index is 2.60. The molecule has 0 saturated heterocycles. The number of rotatable bonds is 4. The first-order valence-corrected chi connectivity index (χ1v) is 6.56. The molecule has 0 unspecified atom stereocenters. The van der Waals surface area contributed by atoms with Crippen molar-refractivity contribution in [1.82, 2.24) is 5.32 Å². The number of benzene rings is 1. The lowest BCUT2D eigenvalue weighted by molar-refractivity contribution is 0.0935. The molecule has 0 aromatic heterocycles. The van der Waals surface area contributed by atoms with E-state index in [9.17, 15) is 4.79 Å². The van der Waals surface area contributed by atoms with Crippen molar-refractivity contribution in [2.45, 2.75) is 27.2 Å². The number of carbonyl (C=O) groups is 1. The third-order valence-electron chi connectivity index (χ3n) is 2.77. The molecule has 0 aliphatic rings. The Morgan fingerprint density at radius 1 is 1.44 bits per heavy atom. The van der Waals surface area contributed by atoms with E-state index >= 15 is 0 Å². The Hall–Kier alpha value is -0.580. The van der Waals surface area contributed by atoms with Gasteiger partial charge in [-0.1, -0.05) is 26.8 Å². The van der Waals surface area contributed by atoms with Gasteiger partial charge in [0.15, 0.2) is 0 Å². The normalized spacial score (nSPS) is 11.2.